The predicted octanol–water partition coefficient (Wildman–Crippen LogP) is 4.42. The number of aromatic nitrogens is 3. The summed E-state index contributed by atoms with van der Waals surface area (Å²) in [5, 5.41) is 21.4. The van der Waals surface area contributed by atoms with Crippen LogP contribution in [0.2, 0.25) is 0 Å². The van der Waals surface area contributed by atoms with E-state index in [9.17, 15) is 9.50 Å². The number of anilines is 1. The predicted molar refractivity (Wildman–Crippen MR) is 115 cm³/mol. The molecule has 0 radical (unpaired) electrons. The summed E-state index contributed by atoms with van der Waals surface area (Å²) >= 11 is 0. The van der Waals surface area contributed by atoms with Crippen LogP contribution in [0.5, 0.6) is 5.75 Å². The van der Waals surface area contributed by atoms with E-state index in [1.165, 1.54) is 0 Å². The third-order valence-corrected chi connectivity index (χ3v) is 4.93. The Hall–Kier alpha value is -2.74. The van der Waals surface area contributed by atoms with Crippen molar-refractivity contribution in [2.24, 2.45) is 0 Å². The van der Waals surface area contributed by atoms with Crippen LogP contribution in [0.3, 0.4) is 0 Å². The van der Waals surface area contributed by atoms with Crippen molar-refractivity contribution >= 4 is 16.9 Å². The molecule has 0 spiro atoms. The zero-order valence-corrected chi connectivity index (χ0v) is 18.1. The van der Waals surface area contributed by atoms with Gasteiger partial charge >= 0.3 is 6.01 Å². The molecule has 1 unspecified atom stereocenters. The van der Waals surface area contributed by atoms with Crippen LogP contribution in [-0.2, 0) is 5.41 Å². The van der Waals surface area contributed by atoms with Gasteiger partial charge in [0.25, 0.3) is 5.89 Å². The molecule has 3 rings (SSSR count). The molecule has 0 saturated carbocycles. The van der Waals surface area contributed by atoms with Gasteiger partial charge in [-0.15, -0.1) is 5.10 Å². The molecule has 0 aliphatic heterocycles. The average molecular weight is 416 g/mol. The van der Waals surface area contributed by atoms with Crippen molar-refractivity contribution in [3.8, 4) is 17.3 Å². The Bertz CT molecular complexity index is 1010. The molecule has 30 heavy (non-hydrogen) atoms. The van der Waals surface area contributed by atoms with E-state index in [-0.39, 0.29) is 30.7 Å². The molecule has 162 valence electrons. The second kappa shape index (κ2) is 8.95. The van der Waals surface area contributed by atoms with Crippen LogP contribution in [0, 0.1) is 6.92 Å². The molecule has 3 aromatic rings. The number of nitrogens with zero attached hydrogens (tertiary/aromatic N) is 3. The number of aliphatic hydroxyl groups is 1. The zero-order chi connectivity index (χ0) is 21.9. The summed E-state index contributed by atoms with van der Waals surface area (Å²) in [7, 11) is 0. The molecular weight excluding hydrogens is 387 g/mol. The third-order valence-electron chi connectivity index (χ3n) is 4.93. The summed E-state index contributed by atoms with van der Waals surface area (Å²) < 4.78 is 23.9. The molecule has 0 fully saturated rings. The highest BCUT2D eigenvalue weighted by Crippen LogP contribution is 2.36. The maximum Gasteiger partial charge on any atom is 0.316 e. The SMILES string of the molecule is CCC(CO)Nc1nnc(-c2cc(C)c3cc(OCCF)cc(C(C)(C)C)c3n2)o1. The van der Waals surface area contributed by atoms with E-state index < -0.39 is 6.67 Å². The molecule has 1 aromatic carbocycles. The second-order valence-electron chi connectivity index (χ2n) is 8.32. The number of alkyl halides is 1. The fourth-order valence-electron chi connectivity index (χ4n) is 3.22. The van der Waals surface area contributed by atoms with Crippen molar-refractivity contribution in [3.63, 3.8) is 0 Å². The van der Waals surface area contributed by atoms with E-state index in [4.69, 9.17) is 14.1 Å². The topological polar surface area (TPSA) is 93.3 Å². The fraction of sp³-hybridized carbons (Fsp3) is 0.500. The Kier molecular flexibility index (Phi) is 6.55. The van der Waals surface area contributed by atoms with Crippen molar-refractivity contribution in [2.75, 3.05) is 25.2 Å². The van der Waals surface area contributed by atoms with Crippen LogP contribution in [0.1, 0.15) is 45.2 Å². The maximum atomic E-state index is 12.6. The number of fused-ring (bicyclic) bond motifs is 1. The molecule has 0 bridgehead atoms. The van der Waals surface area contributed by atoms with Crippen molar-refractivity contribution in [1.29, 1.82) is 0 Å². The highest BCUT2D eigenvalue weighted by Gasteiger charge is 2.22. The average Bonchev–Trinajstić information content (AvgIpc) is 3.18. The van der Waals surface area contributed by atoms with E-state index in [0.29, 0.717) is 17.3 Å². The van der Waals surface area contributed by atoms with Crippen LogP contribution >= 0.6 is 0 Å². The molecule has 2 aromatic heterocycles. The van der Waals surface area contributed by atoms with Gasteiger partial charge in [-0.3, -0.25) is 0 Å². The van der Waals surface area contributed by atoms with E-state index in [1.54, 1.807) is 0 Å². The fourth-order valence-corrected chi connectivity index (χ4v) is 3.22. The quantitative estimate of drug-likeness (QED) is 0.561. The van der Waals surface area contributed by atoms with Crippen LogP contribution in [0.25, 0.3) is 22.5 Å². The van der Waals surface area contributed by atoms with Gasteiger partial charge in [-0.2, -0.15) is 0 Å². The van der Waals surface area contributed by atoms with Crippen LogP contribution < -0.4 is 10.1 Å². The van der Waals surface area contributed by atoms with Crippen LogP contribution in [0.15, 0.2) is 22.6 Å². The van der Waals surface area contributed by atoms with Gasteiger partial charge in [-0.25, -0.2) is 9.37 Å². The summed E-state index contributed by atoms with van der Waals surface area (Å²) in [6.07, 6.45) is 0.725. The van der Waals surface area contributed by atoms with Gasteiger partial charge in [-0.1, -0.05) is 32.8 Å². The van der Waals surface area contributed by atoms with Crippen molar-refractivity contribution in [3.05, 3.63) is 29.3 Å². The van der Waals surface area contributed by atoms with E-state index in [0.717, 1.165) is 28.5 Å². The number of pyridine rings is 1. The van der Waals surface area contributed by atoms with Gasteiger partial charge in [-0.05, 0) is 48.1 Å². The zero-order valence-electron chi connectivity index (χ0n) is 18.1. The minimum absolute atomic E-state index is 0.0179. The number of halogens is 1. The van der Waals surface area contributed by atoms with Gasteiger partial charge in [0.2, 0.25) is 0 Å². The molecule has 2 heterocycles. The molecule has 8 heteroatoms. The smallest absolute Gasteiger partial charge is 0.316 e. The highest BCUT2D eigenvalue weighted by atomic mass is 19.1. The van der Waals surface area contributed by atoms with Crippen LogP contribution in [-0.4, -0.2) is 46.2 Å². The minimum atomic E-state index is -0.540. The highest BCUT2D eigenvalue weighted by molar-refractivity contribution is 5.89. The summed E-state index contributed by atoms with van der Waals surface area (Å²) in [5.74, 6) is 0.925. The number of ether oxygens (including phenoxy) is 1. The Morgan fingerprint density at radius 3 is 2.63 bits per heavy atom. The first-order valence-electron chi connectivity index (χ1n) is 10.1. The number of aryl methyl sites for hydroxylation is 1. The van der Waals surface area contributed by atoms with Crippen molar-refractivity contribution < 1.29 is 18.7 Å². The Morgan fingerprint density at radius 1 is 1.23 bits per heavy atom. The summed E-state index contributed by atoms with van der Waals surface area (Å²) in [6.45, 7) is 9.68. The van der Waals surface area contributed by atoms with Crippen molar-refractivity contribution in [2.45, 2.75) is 52.5 Å². The Labute approximate surface area is 175 Å². The monoisotopic (exact) mass is 416 g/mol. The number of aliphatic hydroxyl groups excluding tert-OH is 1. The summed E-state index contributed by atoms with van der Waals surface area (Å²) in [6, 6.07) is 5.78. The molecule has 0 aliphatic carbocycles. The van der Waals surface area contributed by atoms with Gasteiger partial charge in [0, 0.05) is 5.39 Å². The second-order valence-corrected chi connectivity index (χ2v) is 8.32. The lowest BCUT2D eigenvalue weighted by Crippen LogP contribution is -2.22. The molecule has 7 nitrogen and oxygen atoms in total. The van der Waals surface area contributed by atoms with Gasteiger partial charge < -0.3 is 19.6 Å². The van der Waals surface area contributed by atoms with E-state index in [1.807, 2.05) is 32.0 Å². The van der Waals surface area contributed by atoms with Crippen LogP contribution in [0.4, 0.5) is 10.4 Å². The standard InChI is InChI=1S/C22H29FN4O3/c1-6-14(12-28)24-21-27-26-20(30-21)18-9-13(2)16-10-15(29-8-7-23)11-17(19(16)25-18)22(3,4)5/h9-11,14,28H,6-8,12H2,1-5H3,(H,24,27). The number of hydrogen-bond acceptors (Lipinski definition) is 7. The lowest BCUT2D eigenvalue weighted by molar-refractivity contribution is 0.270. The van der Waals surface area contributed by atoms with Crippen molar-refractivity contribution in [1.82, 2.24) is 15.2 Å². The molecule has 1 atom stereocenters. The molecule has 2 N–H and O–H groups in total. The Balaban J connectivity index is 2.07. The lowest BCUT2D eigenvalue weighted by Gasteiger charge is -2.22. The summed E-state index contributed by atoms with van der Waals surface area (Å²) in [4.78, 5) is 4.82. The van der Waals surface area contributed by atoms with Gasteiger partial charge in [0.05, 0.1) is 18.2 Å². The third kappa shape index (κ3) is 4.70. The number of nitrogens with one attached hydrogen (secondary N) is 1. The maximum absolute atomic E-state index is 12.6. The molecule has 0 saturated heterocycles. The minimum Gasteiger partial charge on any atom is -0.491 e. The van der Waals surface area contributed by atoms with E-state index >= 15 is 0 Å². The Morgan fingerprint density at radius 2 is 2.00 bits per heavy atom. The summed E-state index contributed by atoms with van der Waals surface area (Å²) in [5.41, 5.74) is 3.14. The van der Waals surface area contributed by atoms with E-state index in [2.05, 4.69) is 36.3 Å². The van der Waals surface area contributed by atoms with Gasteiger partial charge in [0.15, 0.2) is 0 Å². The first-order chi connectivity index (χ1) is 14.3. The number of rotatable bonds is 8. The first-order valence-corrected chi connectivity index (χ1v) is 10.1. The lowest BCUT2D eigenvalue weighted by atomic mass is 9.84. The molecule has 0 amide bonds. The van der Waals surface area contributed by atoms with Gasteiger partial charge in [0.1, 0.15) is 24.7 Å². The molecule has 0 aliphatic rings. The number of hydrogen-bond donors (Lipinski definition) is 2. The first kappa shape index (κ1) is 22.0. The molecular formula is C22H29FN4O3. The largest absolute Gasteiger partial charge is 0.491 e. The number of benzene rings is 1. The normalized spacial score (nSPS) is 12.9.